The van der Waals surface area contributed by atoms with Crippen LogP contribution < -0.4 is 10.6 Å². The first-order chi connectivity index (χ1) is 11.5. The first kappa shape index (κ1) is 22.8. The van der Waals surface area contributed by atoms with E-state index in [1.807, 2.05) is 0 Å². The maximum Gasteiger partial charge on any atom is 0.262 e. The quantitative estimate of drug-likeness (QED) is 0.747. The molecule has 2 N–H and O–H groups in total. The summed E-state index contributed by atoms with van der Waals surface area (Å²) in [5.74, 6) is -3.35. The van der Waals surface area contributed by atoms with Crippen molar-refractivity contribution in [3.8, 4) is 0 Å². The number of alkyl halides is 2. The molecule has 26 heavy (non-hydrogen) atoms. The number of carbonyl (C=O) groups is 1. The van der Waals surface area contributed by atoms with Gasteiger partial charge in [-0.3, -0.25) is 10.1 Å². The number of rotatable bonds is 6. The Morgan fingerprint density at radius 3 is 2.38 bits per heavy atom. The van der Waals surface area contributed by atoms with E-state index in [1.165, 1.54) is 23.5 Å². The summed E-state index contributed by atoms with van der Waals surface area (Å²) in [6.45, 7) is 3.20. The van der Waals surface area contributed by atoms with Gasteiger partial charge in [0.05, 0.1) is 17.5 Å². The molecule has 1 aliphatic heterocycles. The van der Waals surface area contributed by atoms with Crippen molar-refractivity contribution < 1.29 is 22.0 Å². The van der Waals surface area contributed by atoms with Crippen LogP contribution in [0.4, 0.5) is 8.78 Å². The van der Waals surface area contributed by atoms with Crippen LogP contribution in [0.1, 0.15) is 25.8 Å². The summed E-state index contributed by atoms with van der Waals surface area (Å²) in [4.78, 5) is 12.1. The minimum absolute atomic E-state index is 0. The molecule has 1 unspecified atom stereocenters. The van der Waals surface area contributed by atoms with Gasteiger partial charge in [0.2, 0.25) is 15.9 Å². The second kappa shape index (κ2) is 8.60. The van der Waals surface area contributed by atoms with E-state index < -0.39 is 40.9 Å². The summed E-state index contributed by atoms with van der Waals surface area (Å²) in [5.41, 5.74) is 0.684. The molecular weight excluding hydrogens is 388 g/mol. The second-order valence-electron chi connectivity index (χ2n) is 6.47. The lowest BCUT2D eigenvalue weighted by molar-refractivity contribution is -0.123. The van der Waals surface area contributed by atoms with Crippen molar-refractivity contribution in [3.63, 3.8) is 0 Å². The standard InChI is InChI=1S/C16H23F2N3O3S.ClH/c1-11(2)21(3)25(23,24)13-6-4-12(5-7-13)9-19-15(22)14-8-16(17,18)10-20-14;/h4-7,11,14,20H,8-10H2,1-3H3,(H,19,22);1H. The van der Waals surface area contributed by atoms with Crippen molar-refractivity contribution in [2.45, 2.75) is 49.7 Å². The lowest BCUT2D eigenvalue weighted by atomic mass is 10.1. The molecule has 0 aliphatic carbocycles. The number of nitrogens with zero attached hydrogens (tertiary/aromatic N) is 1. The maximum atomic E-state index is 13.1. The molecule has 1 aromatic carbocycles. The largest absolute Gasteiger partial charge is 0.351 e. The highest BCUT2D eigenvalue weighted by molar-refractivity contribution is 7.89. The number of carbonyl (C=O) groups excluding carboxylic acids is 1. The van der Waals surface area contributed by atoms with Crippen LogP contribution in [0.5, 0.6) is 0 Å². The zero-order valence-corrected chi connectivity index (χ0v) is 16.5. The van der Waals surface area contributed by atoms with Crippen LogP contribution in [0, 0.1) is 0 Å². The number of amides is 1. The van der Waals surface area contributed by atoms with Gasteiger partial charge in [0, 0.05) is 26.1 Å². The molecule has 1 heterocycles. The summed E-state index contributed by atoms with van der Waals surface area (Å²) >= 11 is 0. The van der Waals surface area contributed by atoms with E-state index in [9.17, 15) is 22.0 Å². The molecule has 1 amide bonds. The number of sulfonamides is 1. The number of hydrogen-bond donors (Lipinski definition) is 2. The molecule has 1 aliphatic rings. The third-order valence-electron chi connectivity index (χ3n) is 4.22. The van der Waals surface area contributed by atoms with Crippen LogP contribution in [0.3, 0.4) is 0 Å². The Morgan fingerprint density at radius 2 is 1.92 bits per heavy atom. The molecule has 0 radical (unpaired) electrons. The van der Waals surface area contributed by atoms with Crippen LogP contribution in [-0.2, 0) is 21.4 Å². The summed E-state index contributed by atoms with van der Waals surface area (Å²) in [6.07, 6.45) is -0.516. The number of benzene rings is 1. The van der Waals surface area contributed by atoms with Crippen LogP contribution in [-0.4, -0.2) is 50.2 Å². The third-order valence-corrected chi connectivity index (χ3v) is 6.27. The van der Waals surface area contributed by atoms with Gasteiger partial charge in [-0.1, -0.05) is 12.1 Å². The van der Waals surface area contributed by atoms with Gasteiger partial charge in [0.25, 0.3) is 5.92 Å². The minimum Gasteiger partial charge on any atom is -0.351 e. The maximum absolute atomic E-state index is 13.1. The van der Waals surface area contributed by atoms with Gasteiger partial charge in [0.15, 0.2) is 0 Å². The summed E-state index contributed by atoms with van der Waals surface area (Å²) in [5, 5.41) is 5.07. The van der Waals surface area contributed by atoms with E-state index in [-0.39, 0.29) is 29.9 Å². The predicted octanol–water partition coefficient (Wildman–Crippen LogP) is 1.75. The molecule has 6 nitrogen and oxygen atoms in total. The minimum atomic E-state index is -3.56. The van der Waals surface area contributed by atoms with Crippen LogP contribution in [0.2, 0.25) is 0 Å². The Balaban J connectivity index is 0.00000338. The molecule has 10 heteroatoms. The Bertz CT molecular complexity index is 727. The first-order valence-electron chi connectivity index (χ1n) is 7.99. The van der Waals surface area contributed by atoms with E-state index in [4.69, 9.17) is 0 Å². The molecule has 1 fully saturated rings. The summed E-state index contributed by atoms with van der Waals surface area (Å²) in [7, 11) is -2.05. The van der Waals surface area contributed by atoms with Crippen molar-refractivity contribution >= 4 is 28.3 Å². The zero-order valence-electron chi connectivity index (χ0n) is 14.8. The van der Waals surface area contributed by atoms with Gasteiger partial charge < -0.3 is 5.32 Å². The molecule has 1 saturated heterocycles. The predicted molar refractivity (Wildman–Crippen MR) is 97.0 cm³/mol. The first-order valence-corrected chi connectivity index (χ1v) is 9.43. The lowest BCUT2D eigenvalue weighted by Crippen LogP contribution is -2.40. The summed E-state index contributed by atoms with van der Waals surface area (Å²) in [6, 6.07) is 5.06. The number of nitrogens with one attached hydrogen (secondary N) is 2. The van der Waals surface area contributed by atoms with E-state index in [0.717, 1.165) is 0 Å². The van der Waals surface area contributed by atoms with Gasteiger partial charge in [-0.2, -0.15) is 4.31 Å². The third kappa shape index (κ3) is 5.35. The molecule has 0 spiro atoms. The number of hydrogen-bond acceptors (Lipinski definition) is 4. The summed E-state index contributed by atoms with van der Waals surface area (Å²) < 4.78 is 52.2. The van der Waals surface area contributed by atoms with Gasteiger partial charge in [0.1, 0.15) is 0 Å². The van der Waals surface area contributed by atoms with Crippen molar-refractivity contribution in [2.24, 2.45) is 0 Å². The van der Waals surface area contributed by atoms with E-state index in [2.05, 4.69) is 10.6 Å². The smallest absolute Gasteiger partial charge is 0.262 e. The average molecular weight is 412 g/mol. The highest BCUT2D eigenvalue weighted by Gasteiger charge is 2.42. The van der Waals surface area contributed by atoms with Crippen LogP contribution in [0.15, 0.2) is 29.2 Å². The molecule has 0 bridgehead atoms. The fourth-order valence-electron chi connectivity index (χ4n) is 2.44. The topological polar surface area (TPSA) is 78.5 Å². The van der Waals surface area contributed by atoms with E-state index in [0.29, 0.717) is 5.56 Å². The SMILES string of the molecule is CC(C)N(C)S(=O)(=O)c1ccc(CNC(=O)C2CC(F)(F)CN2)cc1.Cl. The van der Waals surface area contributed by atoms with E-state index in [1.54, 1.807) is 26.0 Å². The van der Waals surface area contributed by atoms with Crippen molar-refractivity contribution in [1.29, 1.82) is 0 Å². The normalized spacial score (nSPS) is 19.4. The Labute approximate surface area is 158 Å². The average Bonchev–Trinajstić information content (AvgIpc) is 2.92. The zero-order chi connectivity index (χ0) is 18.8. The van der Waals surface area contributed by atoms with Gasteiger partial charge >= 0.3 is 0 Å². The number of halogens is 3. The molecule has 148 valence electrons. The van der Waals surface area contributed by atoms with Gasteiger partial charge in [-0.25, -0.2) is 17.2 Å². The molecule has 1 atom stereocenters. The van der Waals surface area contributed by atoms with Crippen LogP contribution >= 0.6 is 12.4 Å². The highest BCUT2D eigenvalue weighted by atomic mass is 35.5. The molecule has 2 rings (SSSR count). The van der Waals surface area contributed by atoms with Crippen molar-refractivity contribution in [1.82, 2.24) is 14.9 Å². The second-order valence-corrected chi connectivity index (χ2v) is 8.47. The molecule has 0 aromatic heterocycles. The molecule has 1 aromatic rings. The fourth-order valence-corrected chi connectivity index (χ4v) is 3.80. The van der Waals surface area contributed by atoms with Gasteiger partial charge in [-0.15, -0.1) is 12.4 Å². The van der Waals surface area contributed by atoms with Crippen LogP contribution in [0.25, 0.3) is 0 Å². The Kier molecular flexibility index (Phi) is 7.52. The van der Waals surface area contributed by atoms with E-state index >= 15 is 0 Å². The monoisotopic (exact) mass is 411 g/mol. The Morgan fingerprint density at radius 1 is 1.35 bits per heavy atom. The Hall–Kier alpha value is -1.29. The highest BCUT2D eigenvalue weighted by Crippen LogP contribution is 2.25. The van der Waals surface area contributed by atoms with Gasteiger partial charge in [-0.05, 0) is 31.5 Å². The van der Waals surface area contributed by atoms with Crippen molar-refractivity contribution in [2.75, 3.05) is 13.6 Å². The lowest BCUT2D eigenvalue weighted by Gasteiger charge is -2.21. The molecular formula is C16H24ClF2N3O3S. The fraction of sp³-hybridized carbons (Fsp3) is 0.562. The molecule has 0 saturated carbocycles. The van der Waals surface area contributed by atoms with Crippen molar-refractivity contribution in [3.05, 3.63) is 29.8 Å².